The Morgan fingerprint density at radius 3 is 2.67 bits per heavy atom. The summed E-state index contributed by atoms with van der Waals surface area (Å²) in [5, 5.41) is 3.78. The first kappa shape index (κ1) is 12.2. The zero-order valence-electron chi connectivity index (χ0n) is 11.6. The fourth-order valence-electron chi connectivity index (χ4n) is 3.74. The first-order valence-corrected chi connectivity index (χ1v) is 7.27. The Labute approximate surface area is 110 Å². The lowest BCUT2D eigenvalue weighted by Crippen LogP contribution is -2.38. The molecule has 0 radical (unpaired) electrons. The van der Waals surface area contributed by atoms with Gasteiger partial charge in [-0.05, 0) is 45.2 Å². The molecule has 1 aromatic carbocycles. The summed E-state index contributed by atoms with van der Waals surface area (Å²) in [7, 11) is 0. The number of benzene rings is 1. The molecule has 98 valence electrons. The van der Waals surface area contributed by atoms with Crippen LogP contribution in [-0.4, -0.2) is 30.1 Å². The molecule has 2 heteroatoms. The second kappa shape index (κ2) is 5.02. The van der Waals surface area contributed by atoms with Crippen LogP contribution in [0, 0.1) is 13.8 Å². The molecule has 0 amide bonds. The van der Waals surface area contributed by atoms with E-state index in [0.717, 1.165) is 12.6 Å². The van der Waals surface area contributed by atoms with Gasteiger partial charge in [-0.1, -0.05) is 29.3 Å². The van der Waals surface area contributed by atoms with Crippen molar-refractivity contribution in [3.05, 3.63) is 34.9 Å². The highest BCUT2D eigenvalue weighted by Gasteiger charge is 2.36. The summed E-state index contributed by atoms with van der Waals surface area (Å²) in [6.07, 6.45) is 4.12. The van der Waals surface area contributed by atoms with Gasteiger partial charge >= 0.3 is 0 Å². The van der Waals surface area contributed by atoms with Gasteiger partial charge in [0, 0.05) is 25.2 Å². The lowest BCUT2D eigenvalue weighted by Gasteiger charge is -2.21. The van der Waals surface area contributed by atoms with Crippen LogP contribution in [0.5, 0.6) is 0 Å². The molecule has 2 atom stereocenters. The average molecular weight is 244 g/mol. The Balaban J connectivity index is 1.61. The summed E-state index contributed by atoms with van der Waals surface area (Å²) in [5.41, 5.74) is 4.19. The Bertz CT molecular complexity index is 407. The predicted octanol–water partition coefficient (Wildman–Crippen LogP) is 2.63. The summed E-state index contributed by atoms with van der Waals surface area (Å²) >= 11 is 0. The zero-order valence-corrected chi connectivity index (χ0v) is 11.6. The van der Waals surface area contributed by atoms with Gasteiger partial charge in [0.1, 0.15) is 0 Å². The topological polar surface area (TPSA) is 15.3 Å². The number of nitrogens with zero attached hydrogens (tertiary/aromatic N) is 1. The molecule has 3 rings (SSSR count). The van der Waals surface area contributed by atoms with Gasteiger partial charge < -0.3 is 5.32 Å². The van der Waals surface area contributed by atoms with Crippen molar-refractivity contribution in [3.8, 4) is 0 Å². The van der Waals surface area contributed by atoms with E-state index in [1.807, 2.05) is 0 Å². The van der Waals surface area contributed by atoms with Gasteiger partial charge in [-0.25, -0.2) is 0 Å². The second-order valence-electron chi connectivity index (χ2n) is 6.02. The van der Waals surface area contributed by atoms with E-state index in [4.69, 9.17) is 0 Å². The molecule has 1 N–H and O–H groups in total. The molecule has 0 aromatic heterocycles. The summed E-state index contributed by atoms with van der Waals surface area (Å²) in [6, 6.07) is 8.39. The van der Waals surface area contributed by atoms with Crippen LogP contribution in [0.4, 0.5) is 0 Å². The van der Waals surface area contributed by atoms with Gasteiger partial charge in [-0.3, -0.25) is 4.90 Å². The Morgan fingerprint density at radius 2 is 1.89 bits per heavy atom. The van der Waals surface area contributed by atoms with Gasteiger partial charge in [-0.15, -0.1) is 0 Å². The van der Waals surface area contributed by atoms with Crippen molar-refractivity contribution < 1.29 is 0 Å². The third kappa shape index (κ3) is 2.45. The largest absolute Gasteiger partial charge is 0.308 e. The van der Waals surface area contributed by atoms with Crippen LogP contribution in [0.3, 0.4) is 0 Å². The third-order valence-corrected chi connectivity index (χ3v) is 4.46. The van der Waals surface area contributed by atoms with Gasteiger partial charge in [0.05, 0.1) is 0 Å². The summed E-state index contributed by atoms with van der Waals surface area (Å²) in [4.78, 5) is 2.67. The van der Waals surface area contributed by atoms with Gasteiger partial charge in [0.2, 0.25) is 0 Å². The molecule has 2 nitrogen and oxygen atoms in total. The summed E-state index contributed by atoms with van der Waals surface area (Å²) < 4.78 is 0. The molecule has 2 aliphatic rings. The standard InChI is InChI=1S/C16H24N2/c1-12-8-13(2)10-14(9-12)11-17-15-5-7-18-6-3-4-16(15)18/h8-10,15-17H,3-7,11H2,1-2H3. The number of fused-ring (bicyclic) bond motifs is 1. The third-order valence-electron chi connectivity index (χ3n) is 4.46. The minimum Gasteiger partial charge on any atom is -0.308 e. The second-order valence-corrected chi connectivity index (χ2v) is 6.02. The fourth-order valence-corrected chi connectivity index (χ4v) is 3.74. The number of hydrogen-bond acceptors (Lipinski definition) is 2. The number of rotatable bonds is 3. The van der Waals surface area contributed by atoms with E-state index in [0.29, 0.717) is 6.04 Å². The fraction of sp³-hybridized carbons (Fsp3) is 0.625. The van der Waals surface area contributed by atoms with Crippen LogP contribution in [0.2, 0.25) is 0 Å². The van der Waals surface area contributed by atoms with Crippen molar-refractivity contribution in [2.45, 2.75) is 51.7 Å². The highest BCUT2D eigenvalue weighted by molar-refractivity contribution is 5.28. The smallest absolute Gasteiger partial charge is 0.0250 e. The molecule has 1 aromatic rings. The van der Waals surface area contributed by atoms with Crippen molar-refractivity contribution >= 4 is 0 Å². The zero-order chi connectivity index (χ0) is 12.5. The first-order chi connectivity index (χ1) is 8.72. The van der Waals surface area contributed by atoms with Crippen molar-refractivity contribution in [1.82, 2.24) is 10.2 Å². The van der Waals surface area contributed by atoms with Crippen LogP contribution in [0.15, 0.2) is 18.2 Å². The molecule has 2 saturated heterocycles. The quantitative estimate of drug-likeness (QED) is 0.879. The van der Waals surface area contributed by atoms with E-state index in [9.17, 15) is 0 Å². The molecular formula is C16H24N2. The average Bonchev–Trinajstić information content (AvgIpc) is 2.87. The van der Waals surface area contributed by atoms with Crippen molar-refractivity contribution in [3.63, 3.8) is 0 Å². The van der Waals surface area contributed by atoms with E-state index >= 15 is 0 Å². The lowest BCUT2D eigenvalue weighted by atomic mass is 10.0. The van der Waals surface area contributed by atoms with Crippen molar-refractivity contribution in [2.75, 3.05) is 13.1 Å². The van der Waals surface area contributed by atoms with Gasteiger partial charge in [-0.2, -0.15) is 0 Å². The molecule has 0 aliphatic carbocycles. The molecule has 18 heavy (non-hydrogen) atoms. The molecule has 0 spiro atoms. The van der Waals surface area contributed by atoms with Crippen LogP contribution in [0.1, 0.15) is 36.0 Å². The Morgan fingerprint density at radius 1 is 1.11 bits per heavy atom. The van der Waals surface area contributed by atoms with E-state index in [-0.39, 0.29) is 0 Å². The van der Waals surface area contributed by atoms with Crippen LogP contribution in [-0.2, 0) is 6.54 Å². The van der Waals surface area contributed by atoms with Gasteiger partial charge in [0.15, 0.2) is 0 Å². The Hall–Kier alpha value is -0.860. The van der Waals surface area contributed by atoms with Crippen LogP contribution >= 0.6 is 0 Å². The number of hydrogen-bond donors (Lipinski definition) is 1. The maximum Gasteiger partial charge on any atom is 0.0250 e. The van der Waals surface area contributed by atoms with Gasteiger partial charge in [0.25, 0.3) is 0 Å². The molecule has 2 aliphatic heterocycles. The minimum absolute atomic E-state index is 0.716. The number of aryl methyl sites for hydroxylation is 2. The molecule has 0 saturated carbocycles. The predicted molar refractivity (Wildman–Crippen MR) is 75.8 cm³/mol. The van der Waals surface area contributed by atoms with Crippen molar-refractivity contribution in [1.29, 1.82) is 0 Å². The van der Waals surface area contributed by atoms with Crippen molar-refractivity contribution in [2.24, 2.45) is 0 Å². The lowest BCUT2D eigenvalue weighted by molar-refractivity contribution is 0.298. The normalized spacial score (nSPS) is 27.7. The summed E-state index contributed by atoms with van der Waals surface area (Å²) in [5.74, 6) is 0. The van der Waals surface area contributed by atoms with E-state index in [1.54, 1.807) is 0 Å². The maximum atomic E-state index is 3.78. The first-order valence-electron chi connectivity index (χ1n) is 7.27. The molecule has 2 fully saturated rings. The van der Waals surface area contributed by atoms with E-state index in [1.165, 1.54) is 49.0 Å². The Kier molecular flexibility index (Phi) is 3.40. The monoisotopic (exact) mass is 244 g/mol. The molecule has 0 bridgehead atoms. The molecule has 2 heterocycles. The highest BCUT2D eigenvalue weighted by Crippen LogP contribution is 2.28. The highest BCUT2D eigenvalue weighted by atomic mass is 15.2. The van der Waals surface area contributed by atoms with Crippen LogP contribution < -0.4 is 5.32 Å². The molecular weight excluding hydrogens is 220 g/mol. The summed E-state index contributed by atoms with van der Waals surface area (Å²) in [6.45, 7) is 8.02. The minimum atomic E-state index is 0.716. The van der Waals surface area contributed by atoms with Crippen LogP contribution in [0.25, 0.3) is 0 Å². The maximum absolute atomic E-state index is 3.78. The number of nitrogens with one attached hydrogen (secondary N) is 1. The van der Waals surface area contributed by atoms with E-state index in [2.05, 4.69) is 42.3 Å². The SMILES string of the molecule is Cc1cc(C)cc(CNC2CCN3CCCC23)c1. The molecule has 2 unspecified atom stereocenters. The van der Waals surface area contributed by atoms with E-state index < -0.39 is 0 Å².